The molecule has 0 spiro atoms. The van der Waals surface area contributed by atoms with E-state index >= 15 is 0 Å². The number of aryl methyl sites for hydroxylation is 1. The molecule has 2 N–H and O–H groups in total. The van der Waals surface area contributed by atoms with Gasteiger partial charge in [0.1, 0.15) is 5.82 Å². The van der Waals surface area contributed by atoms with E-state index in [9.17, 15) is 9.18 Å². The summed E-state index contributed by atoms with van der Waals surface area (Å²) in [6, 6.07) is 13.6. The van der Waals surface area contributed by atoms with Crippen molar-refractivity contribution in [2.24, 2.45) is 7.05 Å². The lowest BCUT2D eigenvalue weighted by atomic mass is 9.96. The number of rotatable bonds is 6. The van der Waals surface area contributed by atoms with Gasteiger partial charge < -0.3 is 20.1 Å². The van der Waals surface area contributed by atoms with E-state index in [-0.39, 0.29) is 30.2 Å². The maximum atomic E-state index is 13.1. The standard InChI is InChI=1S/C24H26FN5OS/c1-15-14-19(16(2)29(15)3)23-22(20-6-4-5-12-26-20)28-24(32)30(23)13-11-21(31)27-18-9-7-17(25)8-10-18/h4-10,12,14,22-23H,11,13H2,1-3H3,(H,27,31)(H,28,32)/t22-,23-/m0/s1. The summed E-state index contributed by atoms with van der Waals surface area (Å²) in [6.45, 7) is 4.62. The van der Waals surface area contributed by atoms with Crippen molar-refractivity contribution in [1.29, 1.82) is 0 Å². The van der Waals surface area contributed by atoms with Crippen LogP contribution in [0, 0.1) is 19.7 Å². The Kier molecular flexibility index (Phi) is 6.23. The highest BCUT2D eigenvalue weighted by Crippen LogP contribution is 2.40. The molecule has 166 valence electrons. The number of thiocarbonyl (C=S) groups is 1. The topological polar surface area (TPSA) is 62.2 Å². The summed E-state index contributed by atoms with van der Waals surface area (Å²) in [7, 11) is 2.05. The Balaban J connectivity index is 1.57. The molecule has 1 saturated heterocycles. The summed E-state index contributed by atoms with van der Waals surface area (Å²) in [6.07, 6.45) is 2.02. The maximum Gasteiger partial charge on any atom is 0.226 e. The molecule has 6 nitrogen and oxygen atoms in total. The second-order valence-corrected chi connectivity index (χ2v) is 8.40. The quantitative estimate of drug-likeness (QED) is 0.551. The first-order valence-corrected chi connectivity index (χ1v) is 10.9. The zero-order valence-corrected chi connectivity index (χ0v) is 19.1. The van der Waals surface area contributed by atoms with E-state index in [4.69, 9.17) is 12.2 Å². The number of amides is 1. The zero-order valence-electron chi connectivity index (χ0n) is 18.3. The van der Waals surface area contributed by atoms with E-state index in [0.29, 0.717) is 17.3 Å². The lowest BCUT2D eigenvalue weighted by Crippen LogP contribution is -2.32. The third kappa shape index (κ3) is 4.36. The molecule has 0 radical (unpaired) electrons. The van der Waals surface area contributed by atoms with Crippen LogP contribution < -0.4 is 10.6 Å². The smallest absolute Gasteiger partial charge is 0.226 e. The van der Waals surface area contributed by atoms with Crippen molar-refractivity contribution in [1.82, 2.24) is 19.8 Å². The molecule has 3 aromatic rings. The SMILES string of the molecule is Cc1cc([C@H]2[C@H](c3ccccn3)NC(=S)N2CCC(=O)Nc2ccc(F)cc2)c(C)n1C. The minimum Gasteiger partial charge on any atom is -0.352 e. The van der Waals surface area contributed by atoms with Crippen molar-refractivity contribution < 1.29 is 9.18 Å². The van der Waals surface area contributed by atoms with Crippen LogP contribution in [0.25, 0.3) is 0 Å². The number of pyridine rings is 1. The second-order valence-electron chi connectivity index (χ2n) is 8.01. The lowest BCUT2D eigenvalue weighted by Gasteiger charge is -2.28. The number of aromatic nitrogens is 2. The summed E-state index contributed by atoms with van der Waals surface area (Å²) >= 11 is 5.68. The molecule has 0 aliphatic carbocycles. The number of hydrogen-bond donors (Lipinski definition) is 2. The van der Waals surface area contributed by atoms with E-state index in [2.05, 4.69) is 45.0 Å². The average molecular weight is 452 g/mol. The minimum atomic E-state index is -0.339. The second kappa shape index (κ2) is 9.08. The van der Waals surface area contributed by atoms with Gasteiger partial charge in [-0.3, -0.25) is 9.78 Å². The van der Waals surface area contributed by atoms with Crippen LogP contribution in [-0.4, -0.2) is 32.0 Å². The first-order chi connectivity index (χ1) is 15.3. The molecule has 1 aromatic carbocycles. The van der Waals surface area contributed by atoms with Gasteiger partial charge in [-0.2, -0.15) is 0 Å². The highest BCUT2D eigenvalue weighted by atomic mass is 32.1. The van der Waals surface area contributed by atoms with Crippen LogP contribution in [0.5, 0.6) is 0 Å². The van der Waals surface area contributed by atoms with E-state index < -0.39 is 0 Å². The number of nitrogens with zero attached hydrogens (tertiary/aromatic N) is 3. The van der Waals surface area contributed by atoms with Crippen LogP contribution in [0.4, 0.5) is 10.1 Å². The Morgan fingerprint density at radius 1 is 1.22 bits per heavy atom. The number of nitrogens with one attached hydrogen (secondary N) is 2. The van der Waals surface area contributed by atoms with Crippen LogP contribution in [0.2, 0.25) is 0 Å². The number of benzene rings is 1. The van der Waals surface area contributed by atoms with E-state index in [0.717, 1.165) is 22.6 Å². The molecule has 1 aliphatic heterocycles. The highest BCUT2D eigenvalue weighted by Gasteiger charge is 2.41. The number of carbonyl (C=O) groups is 1. The van der Waals surface area contributed by atoms with Crippen LogP contribution in [0.3, 0.4) is 0 Å². The van der Waals surface area contributed by atoms with Gasteiger partial charge in [0.2, 0.25) is 5.91 Å². The predicted molar refractivity (Wildman–Crippen MR) is 127 cm³/mol. The van der Waals surface area contributed by atoms with Gasteiger partial charge in [0.25, 0.3) is 0 Å². The summed E-state index contributed by atoms with van der Waals surface area (Å²) in [5.74, 6) is -0.492. The number of carbonyl (C=O) groups excluding carboxylic acids is 1. The van der Waals surface area contributed by atoms with Gasteiger partial charge >= 0.3 is 0 Å². The van der Waals surface area contributed by atoms with Crippen LogP contribution in [0.15, 0.2) is 54.7 Å². The average Bonchev–Trinajstić information content (AvgIpc) is 3.25. The van der Waals surface area contributed by atoms with E-state index in [1.807, 2.05) is 25.2 Å². The number of anilines is 1. The van der Waals surface area contributed by atoms with Gasteiger partial charge in [-0.25, -0.2) is 4.39 Å². The third-order valence-electron chi connectivity index (χ3n) is 6.04. The van der Waals surface area contributed by atoms with Gasteiger partial charge in [0.15, 0.2) is 5.11 Å². The summed E-state index contributed by atoms with van der Waals surface area (Å²) in [5, 5.41) is 6.83. The summed E-state index contributed by atoms with van der Waals surface area (Å²) < 4.78 is 15.3. The Hall–Kier alpha value is -3.26. The summed E-state index contributed by atoms with van der Waals surface area (Å²) in [4.78, 5) is 19.2. The van der Waals surface area contributed by atoms with Crippen molar-refractivity contribution in [2.75, 3.05) is 11.9 Å². The van der Waals surface area contributed by atoms with Crippen molar-refractivity contribution >= 4 is 28.9 Å². The lowest BCUT2D eigenvalue weighted by molar-refractivity contribution is -0.116. The fourth-order valence-corrected chi connectivity index (χ4v) is 4.48. The van der Waals surface area contributed by atoms with E-state index in [1.54, 1.807) is 18.3 Å². The van der Waals surface area contributed by atoms with Crippen LogP contribution in [-0.2, 0) is 11.8 Å². The molecule has 2 atom stereocenters. The number of halogens is 1. The molecule has 0 saturated carbocycles. The Labute approximate surface area is 192 Å². The van der Waals surface area contributed by atoms with Crippen molar-refractivity contribution in [3.05, 3.63) is 83.2 Å². The van der Waals surface area contributed by atoms with Gasteiger partial charge in [-0.05, 0) is 74.1 Å². The normalized spacial score (nSPS) is 18.0. The molecule has 0 unspecified atom stereocenters. The number of hydrogen-bond acceptors (Lipinski definition) is 3. The molecule has 4 rings (SSSR count). The highest BCUT2D eigenvalue weighted by molar-refractivity contribution is 7.80. The van der Waals surface area contributed by atoms with Gasteiger partial charge in [0.05, 0.1) is 17.8 Å². The van der Waals surface area contributed by atoms with E-state index in [1.165, 1.54) is 12.1 Å². The fourth-order valence-electron chi connectivity index (χ4n) is 4.15. The molecular formula is C24H26FN5OS. The maximum absolute atomic E-state index is 13.1. The zero-order chi connectivity index (χ0) is 22.8. The van der Waals surface area contributed by atoms with Crippen LogP contribution >= 0.6 is 12.2 Å². The Morgan fingerprint density at radius 3 is 2.59 bits per heavy atom. The molecule has 2 aromatic heterocycles. The molecular weight excluding hydrogens is 425 g/mol. The third-order valence-corrected chi connectivity index (χ3v) is 6.39. The minimum absolute atomic E-state index is 0.0871. The molecule has 3 heterocycles. The monoisotopic (exact) mass is 451 g/mol. The first-order valence-electron chi connectivity index (χ1n) is 10.5. The van der Waals surface area contributed by atoms with Crippen molar-refractivity contribution in [3.63, 3.8) is 0 Å². The Morgan fingerprint density at radius 2 is 1.97 bits per heavy atom. The molecule has 8 heteroatoms. The van der Waals surface area contributed by atoms with Crippen molar-refractivity contribution in [3.8, 4) is 0 Å². The largest absolute Gasteiger partial charge is 0.352 e. The predicted octanol–water partition coefficient (Wildman–Crippen LogP) is 4.18. The fraction of sp³-hybridized carbons (Fsp3) is 0.292. The molecule has 1 amide bonds. The molecule has 1 fully saturated rings. The Bertz CT molecular complexity index is 1130. The van der Waals surface area contributed by atoms with Crippen molar-refractivity contribution in [2.45, 2.75) is 32.4 Å². The van der Waals surface area contributed by atoms with Gasteiger partial charge in [-0.15, -0.1) is 0 Å². The van der Waals surface area contributed by atoms with Crippen LogP contribution in [0.1, 0.15) is 41.1 Å². The molecule has 0 bridgehead atoms. The van der Waals surface area contributed by atoms with Gasteiger partial charge in [-0.1, -0.05) is 6.07 Å². The molecule has 32 heavy (non-hydrogen) atoms. The first kappa shape index (κ1) is 22.0. The van der Waals surface area contributed by atoms with Gasteiger partial charge in [0, 0.05) is 43.3 Å². The molecule has 1 aliphatic rings. The summed E-state index contributed by atoms with van der Waals surface area (Å²) in [5.41, 5.74) is 4.94.